The number of amides is 1. The zero-order valence-corrected chi connectivity index (χ0v) is 16.2. The van der Waals surface area contributed by atoms with Gasteiger partial charge < -0.3 is 5.32 Å². The van der Waals surface area contributed by atoms with Gasteiger partial charge in [-0.15, -0.1) is 0 Å². The van der Waals surface area contributed by atoms with Gasteiger partial charge in [-0.05, 0) is 30.0 Å². The van der Waals surface area contributed by atoms with Crippen LogP contribution in [0.3, 0.4) is 0 Å². The molecule has 2 atom stereocenters. The average Bonchev–Trinajstić information content (AvgIpc) is 3.23. The fourth-order valence-electron chi connectivity index (χ4n) is 3.85. The molecule has 2 aromatic rings. The minimum atomic E-state index is -4.69. The number of nitriles is 2. The normalized spacial score (nSPS) is 18.8. The van der Waals surface area contributed by atoms with Gasteiger partial charge in [0.1, 0.15) is 17.8 Å². The first-order valence-electron chi connectivity index (χ1n) is 9.19. The quantitative estimate of drug-likeness (QED) is 0.720. The molecule has 0 spiro atoms. The van der Waals surface area contributed by atoms with Gasteiger partial charge in [-0.3, -0.25) is 9.48 Å². The summed E-state index contributed by atoms with van der Waals surface area (Å²) in [5.74, 6) is -6.13. The highest BCUT2D eigenvalue weighted by Gasteiger charge is 2.45. The standard InChI is InChI=1S/C20H16F5N5O/c1-30-15(20(23,24)25)7-16(29-30)28-18(31)17(12-4-5-19(21,22)8-12)11-2-3-13(9-26)14(6-11)10-27/h2-3,6-7,12,17H,4-5,8H2,1H3,(H,28,29,31)/t12-,17+/m1/s1. The lowest BCUT2D eigenvalue weighted by Crippen LogP contribution is -2.28. The van der Waals surface area contributed by atoms with Crippen molar-refractivity contribution < 1.29 is 26.7 Å². The number of alkyl halides is 5. The molecule has 0 radical (unpaired) electrons. The molecule has 31 heavy (non-hydrogen) atoms. The Morgan fingerprint density at radius 2 is 1.94 bits per heavy atom. The fourth-order valence-corrected chi connectivity index (χ4v) is 3.85. The largest absolute Gasteiger partial charge is 0.433 e. The van der Waals surface area contributed by atoms with Crippen molar-refractivity contribution in [1.29, 1.82) is 10.5 Å². The van der Waals surface area contributed by atoms with Gasteiger partial charge >= 0.3 is 6.18 Å². The van der Waals surface area contributed by atoms with Crippen LogP contribution in [-0.4, -0.2) is 21.6 Å². The second-order valence-electron chi connectivity index (χ2n) is 7.39. The van der Waals surface area contributed by atoms with Crippen molar-refractivity contribution in [2.45, 2.75) is 37.3 Å². The maximum atomic E-state index is 13.8. The van der Waals surface area contributed by atoms with Crippen LogP contribution < -0.4 is 5.32 Å². The number of nitrogens with zero attached hydrogens (tertiary/aromatic N) is 4. The molecule has 0 bridgehead atoms. The van der Waals surface area contributed by atoms with Gasteiger partial charge in [0.2, 0.25) is 11.8 Å². The number of aryl methyl sites for hydroxylation is 1. The SMILES string of the molecule is Cn1nc(NC(=O)[C@@H](c2ccc(C#N)c(C#N)c2)[C@@H]2CCC(F)(F)C2)cc1C(F)(F)F. The number of anilines is 1. The lowest BCUT2D eigenvalue weighted by atomic mass is 9.83. The highest BCUT2D eigenvalue weighted by Crippen LogP contribution is 2.46. The van der Waals surface area contributed by atoms with Crippen LogP contribution in [0.1, 0.15) is 47.6 Å². The van der Waals surface area contributed by atoms with Gasteiger partial charge in [-0.1, -0.05) is 6.07 Å². The second-order valence-corrected chi connectivity index (χ2v) is 7.39. The lowest BCUT2D eigenvalue weighted by molar-refractivity contribution is -0.143. The molecule has 1 aromatic carbocycles. The number of nitrogens with one attached hydrogen (secondary N) is 1. The Balaban J connectivity index is 1.97. The van der Waals surface area contributed by atoms with E-state index < -0.39 is 48.4 Å². The number of rotatable bonds is 4. The minimum absolute atomic E-state index is 0.0169. The van der Waals surface area contributed by atoms with Crippen LogP contribution in [0.25, 0.3) is 0 Å². The number of carbonyl (C=O) groups is 1. The van der Waals surface area contributed by atoms with Crippen molar-refractivity contribution in [1.82, 2.24) is 9.78 Å². The van der Waals surface area contributed by atoms with Gasteiger partial charge in [0.25, 0.3) is 0 Å². The monoisotopic (exact) mass is 437 g/mol. The molecule has 1 amide bonds. The third-order valence-corrected chi connectivity index (χ3v) is 5.26. The topological polar surface area (TPSA) is 94.5 Å². The van der Waals surface area contributed by atoms with E-state index in [-0.39, 0.29) is 28.9 Å². The first kappa shape index (κ1) is 22.2. The molecule has 6 nitrogen and oxygen atoms in total. The number of carbonyl (C=O) groups excluding carboxylic acids is 1. The highest BCUT2D eigenvalue weighted by molar-refractivity contribution is 5.95. The molecule has 1 aliphatic carbocycles. The van der Waals surface area contributed by atoms with Gasteiger partial charge in [0.05, 0.1) is 17.0 Å². The summed E-state index contributed by atoms with van der Waals surface area (Å²) in [6, 6.07) is 8.27. The first-order chi connectivity index (χ1) is 14.4. The van der Waals surface area contributed by atoms with E-state index in [1.54, 1.807) is 0 Å². The number of hydrogen-bond donors (Lipinski definition) is 1. The summed E-state index contributed by atoms with van der Waals surface area (Å²) in [5, 5.41) is 24.2. The van der Waals surface area contributed by atoms with E-state index in [1.807, 2.05) is 12.1 Å². The Hall–Kier alpha value is -3.47. The average molecular weight is 437 g/mol. The fraction of sp³-hybridized carbons (Fsp3) is 0.400. The van der Waals surface area contributed by atoms with Crippen LogP contribution in [0, 0.1) is 28.6 Å². The van der Waals surface area contributed by atoms with Crippen molar-refractivity contribution in [3.63, 3.8) is 0 Å². The van der Waals surface area contributed by atoms with E-state index in [0.29, 0.717) is 10.7 Å². The van der Waals surface area contributed by atoms with Crippen LogP contribution in [0.2, 0.25) is 0 Å². The molecule has 1 saturated carbocycles. The molecule has 1 N–H and O–H groups in total. The lowest BCUT2D eigenvalue weighted by Gasteiger charge is -2.23. The number of halogens is 5. The van der Waals surface area contributed by atoms with Crippen molar-refractivity contribution in [3.05, 3.63) is 46.6 Å². The van der Waals surface area contributed by atoms with Crippen molar-refractivity contribution in [2.24, 2.45) is 13.0 Å². The summed E-state index contributed by atoms with van der Waals surface area (Å²) in [4.78, 5) is 13.0. The summed E-state index contributed by atoms with van der Waals surface area (Å²) < 4.78 is 67.2. The predicted octanol–water partition coefficient (Wildman–Crippen LogP) is 4.34. The van der Waals surface area contributed by atoms with E-state index in [1.165, 1.54) is 18.2 Å². The van der Waals surface area contributed by atoms with Crippen LogP contribution >= 0.6 is 0 Å². The minimum Gasteiger partial charge on any atom is -0.309 e. The van der Waals surface area contributed by atoms with E-state index in [4.69, 9.17) is 5.26 Å². The van der Waals surface area contributed by atoms with Gasteiger partial charge in [-0.25, -0.2) is 8.78 Å². The third-order valence-electron chi connectivity index (χ3n) is 5.26. The molecule has 3 rings (SSSR count). The Labute approximate surface area is 173 Å². The van der Waals surface area contributed by atoms with Crippen molar-refractivity contribution >= 4 is 11.7 Å². The maximum absolute atomic E-state index is 13.8. The van der Waals surface area contributed by atoms with Gasteiger partial charge in [-0.2, -0.15) is 28.8 Å². The summed E-state index contributed by atoms with van der Waals surface area (Å²) in [7, 11) is 1.06. The van der Waals surface area contributed by atoms with Gasteiger partial charge in [0, 0.05) is 26.0 Å². The molecule has 0 aliphatic heterocycles. The molecule has 1 aliphatic rings. The van der Waals surface area contributed by atoms with Crippen LogP contribution in [0.15, 0.2) is 24.3 Å². The van der Waals surface area contributed by atoms with Crippen LogP contribution in [0.5, 0.6) is 0 Å². The van der Waals surface area contributed by atoms with Gasteiger partial charge in [0.15, 0.2) is 5.82 Å². The second kappa shape index (κ2) is 7.99. The molecular formula is C20H16F5N5O. The Morgan fingerprint density at radius 3 is 2.45 bits per heavy atom. The predicted molar refractivity (Wildman–Crippen MR) is 97.7 cm³/mol. The summed E-state index contributed by atoms with van der Waals surface area (Å²) >= 11 is 0. The molecule has 1 fully saturated rings. The van der Waals surface area contributed by atoms with Crippen LogP contribution in [0.4, 0.5) is 27.8 Å². The van der Waals surface area contributed by atoms with Crippen molar-refractivity contribution in [2.75, 3.05) is 5.32 Å². The highest BCUT2D eigenvalue weighted by atomic mass is 19.4. The third kappa shape index (κ3) is 4.66. The summed E-state index contributed by atoms with van der Waals surface area (Å²) in [5.41, 5.74) is -0.832. The molecule has 1 aromatic heterocycles. The van der Waals surface area contributed by atoms with E-state index in [2.05, 4.69) is 10.4 Å². The zero-order chi connectivity index (χ0) is 23.0. The molecule has 162 valence electrons. The summed E-state index contributed by atoms with van der Waals surface area (Å²) in [6.07, 6.45) is -5.68. The number of hydrogen-bond acceptors (Lipinski definition) is 4. The molecular weight excluding hydrogens is 421 g/mol. The Kier molecular flexibility index (Phi) is 5.72. The zero-order valence-electron chi connectivity index (χ0n) is 16.2. The van der Waals surface area contributed by atoms with E-state index >= 15 is 0 Å². The van der Waals surface area contributed by atoms with E-state index in [9.17, 15) is 32.0 Å². The molecule has 0 saturated heterocycles. The molecule has 1 heterocycles. The molecule has 0 unspecified atom stereocenters. The van der Waals surface area contributed by atoms with E-state index in [0.717, 1.165) is 7.05 Å². The Bertz CT molecular complexity index is 1090. The maximum Gasteiger partial charge on any atom is 0.433 e. The number of aromatic nitrogens is 2. The first-order valence-corrected chi connectivity index (χ1v) is 9.19. The van der Waals surface area contributed by atoms with Crippen LogP contribution in [-0.2, 0) is 18.0 Å². The number of benzene rings is 1. The Morgan fingerprint density at radius 1 is 1.26 bits per heavy atom. The van der Waals surface area contributed by atoms with Crippen molar-refractivity contribution in [3.8, 4) is 12.1 Å². The smallest absolute Gasteiger partial charge is 0.309 e. The molecule has 11 heteroatoms. The summed E-state index contributed by atoms with van der Waals surface area (Å²) in [6.45, 7) is 0.